The van der Waals surface area contributed by atoms with E-state index in [2.05, 4.69) is 15.9 Å². The molecule has 1 aromatic rings. The second-order valence-electron chi connectivity index (χ2n) is 3.79. The van der Waals surface area contributed by atoms with Gasteiger partial charge in [0.25, 0.3) is 0 Å². The zero-order valence-corrected chi connectivity index (χ0v) is 10.4. The molecule has 0 aliphatic carbocycles. The highest BCUT2D eigenvalue weighted by atomic mass is 79.9. The van der Waals surface area contributed by atoms with E-state index in [1.807, 2.05) is 32.2 Å². The number of hydrogen-bond acceptors (Lipinski definition) is 1. The van der Waals surface area contributed by atoms with Gasteiger partial charge >= 0.3 is 6.03 Å². The number of amides is 2. The molecule has 1 fully saturated rings. The van der Waals surface area contributed by atoms with Crippen LogP contribution in [-0.2, 0) is 0 Å². The van der Waals surface area contributed by atoms with Gasteiger partial charge in [-0.3, -0.25) is 4.90 Å². The molecule has 0 radical (unpaired) electrons. The van der Waals surface area contributed by atoms with Gasteiger partial charge < -0.3 is 4.90 Å². The van der Waals surface area contributed by atoms with Gasteiger partial charge in [-0.2, -0.15) is 0 Å². The third-order valence-electron chi connectivity index (χ3n) is 2.67. The molecule has 80 valence electrons. The zero-order chi connectivity index (χ0) is 11.0. The van der Waals surface area contributed by atoms with Crippen molar-refractivity contribution in [2.45, 2.75) is 6.92 Å². The molecule has 2 rings (SSSR count). The molecule has 2 amide bonds. The van der Waals surface area contributed by atoms with Crippen LogP contribution in [0.2, 0.25) is 0 Å². The molecular weight excluding hydrogens is 256 g/mol. The molecule has 0 N–H and O–H groups in total. The van der Waals surface area contributed by atoms with Crippen molar-refractivity contribution in [1.29, 1.82) is 0 Å². The van der Waals surface area contributed by atoms with Gasteiger partial charge in [-0.25, -0.2) is 4.79 Å². The molecule has 0 bridgehead atoms. The molecule has 3 nitrogen and oxygen atoms in total. The summed E-state index contributed by atoms with van der Waals surface area (Å²) in [5.74, 6) is 0. The number of carbonyl (C=O) groups is 1. The maximum absolute atomic E-state index is 11.7. The van der Waals surface area contributed by atoms with E-state index in [-0.39, 0.29) is 6.03 Å². The van der Waals surface area contributed by atoms with E-state index in [9.17, 15) is 4.79 Å². The molecule has 1 saturated heterocycles. The Morgan fingerprint density at radius 2 is 2.07 bits per heavy atom. The van der Waals surface area contributed by atoms with E-state index >= 15 is 0 Å². The normalized spacial score (nSPS) is 16.3. The Hall–Kier alpha value is -1.03. The number of hydrogen-bond donors (Lipinski definition) is 0. The monoisotopic (exact) mass is 268 g/mol. The van der Waals surface area contributed by atoms with E-state index in [1.165, 1.54) is 0 Å². The van der Waals surface area contributed by atoms with Crippen LogP contribution in [0.25, 0.3) is 0 Å². The summed E-state index contributed by atoms with van der Waals surface area (Å²) in [4.78, 5) is 15.3. The van der Waals surface area contributed by atoms with Crippen LogP contribution in [0.4, 0.5) is 10.5 Å². The number of urea groups is 1. The largest absolute Gasteiger partial charge is 0.326 e. The van der Waals surface area contributed by atoms with Crippen molar-refractivity contribution in [2.24, 2.45) is 0 Å². The Labute approximate surface area is 97.8 Å². The molecular formula is C11H13BrN2O. The summed E-state index contributed by atoms with van der Waals surface area (Å²) in [7, 11) is 1.83. The maximum atomic E-state index is 11.7. The van der Waals surface area contributed by atoms with Crippen molar-refractivity contribution in [2.75, 3.05) is 25.0 Å². The molecule has 1 aliphatic rings. The molecule has 0 aromatic heterocycles. The van der Waals surface area contributed by atoms with Crippen LogP contribution in [0.1, 0.15) is 5.56 Å². The summed E-state index contributed by atoms with van der Waals surface area (Å²) in [5.41, 5.74) is 2.12. The van der Waals surface area contributed by atoms with Crippen LogP contribution >= 0.6 is 15.9 Å². The van der Waals surface area contributed by atoms with Gasteiger partial charge in [0, 0.05) is 30.3 Å². The van der Waals surface area contributed by atoms with Gasteiger partial charge in [0.1, 0.15) is 0 Å². The predicted octanol–water partition coefficient (Wildman–Crippen LogP) is 2.63. The zero-order valence-electron chi connectivity index (χ0n) is 8.83. The molecule has 4 heteroatoms. The Kier molecular flexibility index (Phi) is 2.69. The highest BCUT2D eigenvalue weighted by molar-refractivity contribution is 9.10. The van der Waals surface area contributed by atoms with Crippen LogP contribution in [0.3, 0.4) is 0 Å². The highest BCUT2D eigenvalue weighted by Gasteiger charge is 2.26. The quantitative estimate of drug-likeness (QED) is 0.768. The molecule has 1 heterocycles. The van der Waals surface area contributed by atoms with Crippen molar-refractivity contribution in [3.05, 3.63) is 28.2 Å². The average Bonchev–Trinajstić information content (AvgIpc) is 2.53. The van der Waals surface area contributed by atoms with Crippen molar-refractivity contribution < 1.29 is 4.79 Å². The van der Waals surface area contributed by atoms with Gasteiger partial charge in [-0.05, 0) is 30.7 Å². The number of rotatable bonds is 1. The lowest BCUT2D eigenvalue weighted by Gasteiger charge is -2.16. The minimum Gasteiger partial charge on any atom is -0.326 e. The van der Waals surface area contributed by atoms with E-state index in [1.54, 1.807) is 9.80 Å². The third kappa shape index (κ3) is 1.86. The SMILES string of the molecule is Cc1cc(N2CCN(C)C2=O)ccc1Br. The topological polar surface area (TPSA) is 23.6 Å². The van der Waals surface area contributed by atoms with Crippen LogP contribution < -0.4 is 4.90 Å². The fourth-order valence-corrected chi connectivity index (χ4v) is 1.93. The summed E-state index contributed by atoms with van der Waals surface area (Å²) in [6.45, 7) is 3.60. The first-order valence-corrected chi connectivity index (χ1v) is 5.67. The van der Waals surface area contributed by atoms with E-state index in [0.717, 1.165) is 28.8 Å². The summed E-state index contributed by atoms with van der Waals surface area (Å²) >= 11 is 3.45. The maximum Gasteiger partial charge on any atom is 0.324 e. The lowest BCUT2D eigenvalue weighted by atomic mass is 10.2. The third-order valence-corrected chi connectivity index (χ3v) is 3.56. The van der Waals surface area contributed by atoms with E-state index in [4.69, 9.17) is 0 Å². The fourth-order valence-electron chi connectivity index (χ4n) is 1.68. The molecule has 0 spiro atoms. The van der Waals surface area contributed by atoms with Crippen molar-refractivity contribution >= 4 is 27.6 Å². The Balaban J connectivity index is 2.31. The van der Waals surface area contributed by atoms with Crippen molar-refractivity contribution in [3.63, 3.8) is 0 Å². The summed E-state index contributed by atoms with van der Waals surface area (Å²) in [6, 6.07) is 6.06. The fraction of sp³-hybridized carbons (Fsp3) is 0.364. The van der Waals surface area contributed by atoms with Crippen LogP contribution in [0.15, 0.2) is 22.7 Å². The lowest BCUT2D eigenvalue weighted by molar-refractivity contribution is 0.229. The summed E-state index contributed by atoms with van der Waals surface area (Å²) < 4.78 is 1.08. The van der Waals surface area contributed by atoms with E-state index in [0.29, 0.717) is 0 Å². The lowest BCUT2D eigenvalue weighted by Crippen LogP contribution is -2.29. The van der Waals surface area contributed by atoms with Crippen LogP contribution in [-0.4, -0.2) is 31.1 Å². The number of nitrogens with zero attached hydrogens (tertiary/aromatic N) is 2. The second-order valence-corrected chi connectivity index (χ2v) is 4.64. The van der Waals surface area contributed by atoms with Gasteiger partial charge in [-0.15, -0.1) is 0 Å². The van der Waals surface area contributed by atoms with Gasteiger partial charge in [0.2, 0.25) is 0 Å². The highest BCUT2D eigenvalue weighted by Crippen LogP contribution is 2.25. The van der Waals surface area contributed by atoms with E-state index < -0.39 is 0 Å². The number of anilines is 1. The molecule has 15 heavy (non-hydrogen) atoms. The van der Waals surface area contributed by atoms with Crippen molar-refractivity contribution in [3.8, 4) is 0 Å². The molecule has 0 unspecified atom stereocenters. The molecule has 1 aliphatic heterocycles. The predicted molar refractivity (Wildman–Crippen MR) is 64.3 cm³/mol. The standard InChI is InChI=1S/C11H13BrN2O/c1-8-7-9(3-4-10(8)12)14-6-5-13(2)11(14)15/h3-4,7H,5-6H2,1-2H3. The van der Waals surface area contributed by atoms with Gasteiger partial charge in [0.05, 0.1) is 0 Å². The van der Waals surface area contributed by atoms with Gasteiger partial charge in [-0.1, -0.05) is 15.9 Å². The first kappa shape index (κ1) is 10.5. The van der Waals surface area contributed by atoms with Gasteiger partial charge in [0.15, 0.2) is 0 Å². The first-order valence-electron chi connectivity index (χ1n) is 4.88. The first-order chi connectivity index (χ1) is 7.09. The molecule has 1 aromatic carbocycles. The minimum absolute atomic E-state index is 0.0803. The average molecular weight is 269 g/mol. The summed E-state index contributed by atoms with van der Waals surface area (Å²) in [5, 5.41) is 0. The van der Waals surface area contributed by atoms with Crippen LogP contribution in [0.5, 0.6) is 0 Å². The smallest absolute Gasteiger partial charge is 0.324 e. The summed E-state index contributed by atoms with van der Waals surface area (Å²) in [6.07, 6.45) is 0. The van der Waals surface area contributed by atoms with Crippen molar-refractivity contribution in [1.82, 2.24) is 4.90 Å². The Bertz CT molecular complexity index is 406. The number of aryl methyl sites for hydroxylation is 1. The minimum atomic E-state index is 0.0803. The second kappa shape index (κ2) is 3.85. The Morgan fingerprint density at radius 1 is 1.33 bits per heavy atom. The number of halogens is 1. The molecule has 0 saturated carbocycles. The molecule has 0 atom stereocenters. The number of likely N-dealkylation sites (N-methyl/N-ethyl adjacent to an activating group) is 1. The number of carbonyl (C=O) groups excluding carboxylic acids is 1. The Morgan fingerprint density at radius 3 is 2.60 bits per heavy atom. The number of benzene rings is 1. The van der Waals surface area contributed by atoms with Crippen LogP contribution in [0, 0.1) is 6.92 Å².